The lowest BCUT2D eigenvalue weighted by Crippen LogP contribution is -2.46. The molecule has 0 aromatic heterocycles. The number of amides is 1. The summed E-state index contributed by atoms with van der Waals surface area (Å²) in [6.07, 6.45) is 1.49. The highest BCUT2D eigenvalue weighted by atomic mass is 32.2. The predicted molar refractivity (Wildman–Crippen MR) is 103 cm³/mol. The molecule has 0 atom stereocenters. The van der Waals surface area contributed by atoms with Gasteiger partial charge in [0.1, 0.15) is 5.75 Å². The van der Waals surface area contributed by atoms with Crippen LogP contribution in [0.15, 0.2) is 65.6 Å². The monoisotopic (exact) mass is 388 g/mol. The summed E-state index contributed by atoms with van der Waals surface area (Å²) in [5, 5.41) is 2.98. The van der Waals surface area contributed by atoms with E-state index in [4.69, 9.17) is 4.74 Å². The Morgan fingerprint density at radius 1 is 1.00 bits per heavy atom. The molecule has 1 saturated heterocycles. The Kier molecular flexibility index (Phi) is 6.47. The van der Waals surface area contributed by atoms with Crippen molar-refractivity contribution in [2.24, 2.45) is 0 Å². The minimum atomic E-state index is -3.46. The number of nitrogens with one attached hydrogen (secondary N) is 1. The van der Waals surface area contributed by atoms with Gasteiger partial charge in [-0.05, 0) is 37.1 Å². The molecule has 1 amide bonds. The number of carbonyl (C=O) groups is 1. The van der Waals surface area contributed by atoms with Crippen molar-refractivity contribution in [3.8, 4) is 5.75 Å². The highest BCUT2D eigenvalue weighted by molar-refractivity contribution is 7.89. The first kappa shape index (κ1) is 19.4. The van der Waals surface area contributed by atoms with Gasteiger partial charge < -0.3 is 10.1 Å². The molecule has 1 N–H and O–H groups in total. The molecule has 3 rings (SSSR count). The van der Waals surface area contributed by atoms with E-state index in [-0.39, 0.29) is 18.4 Å². The molecule has 0 radical (unpaired) electrons. The standard InChI is InChI=1S/C20H24N2O4S/c23-20(13-16-26-18-7-3-1-4-8-18)21-17-11-14-22(15-12-17)27(24,25)19-9-5-2-6-10-19/h1-10,17H,11-16H2,(H,21,23). The lowest BCUT2D eigenvalue weighted by molar-refractivity contribution is -0.122. The van der Waals surface area contributed by atoms with Crippen molar-refractivity contribution < 1.29 is 17.9 Å². The zero-order chi connectivity index (χ0) is 19.1. The van der Waals surface area contributed by atoms with Crippen LogP contribution in [0.5, 0.6) is 5.75 Å². The Bertz CT molecular complexity index is 833. The lowest BCUT2D eigenvalue weighted by Gasteiger charge is -2.31. The van der Waals surface area contributed by atoms with Gasteiger partial charge >= 0.3 is 0 Å². The summed E-state index contributed by atoms with van der Waals surface area (Å²) in [4.78, 5) is 12.4. The van der Waals surface area contributed by atoms with E-state index < -0.39 is 10.0 Å². The number of hydrogen-bond acceptors (Lipinski definition) is 4. The molecule has 2 aromatic rings. The van der Waals surface area contributed by atoms with Crippen molar-refractivity contribution in [3.63, 3.8) is 0 Å². The molecule has 0 bridgehead atoms. The van der Waals surface area contributed by atoms with E-state index in [9.17, 15) is 13.2 Å². The third kappa shape index (κ3) is 5.30. The number of piperidine rings is 1. The minimum Gasteiger partial charge on any atom is -0.493 e. The Hall–Kier alpha value is -2.38. The van der Waals surface area contributed by atoms with Gasteiger partial charge in [-0.1, -0.05) is 36.4 Å². The van der Waals surface area contributed by atoms with Crippen LogP contribution in [0.4, 0.5) is 0 Å². The van der Waals surface area contributed by atoms with Crippen LogP contribution >= 0.6 is 0 Å². The van der Waals surface area contributed by atoms with Crippen molar-refractivity contribution >= 4 is 15.9 Å². The van der Waals surface area contributed by atoms with E-state index in [0.717, 1.165) is 5.75 Å². The molecule has 0 unspecified atom stereocenters. The summed E-state index contributed by atoms with van der Waals surface area (Å²) in [5.41, 5.74) is 0. The van der Waals surface area contributed by atoms with Crippen LogP contribution in [-0.4, -0.2) is 44.4 Å². The van der Waals surface area contributed by atoms with Gasteiger partial charge in [0.25, 0.3) is 0 Å². The molecule has 0 spiro atoms. The number of benzene rings is 2. The van der Waals surface area contributed by atoms with Crippen molar-refractivity contribution in [2.45, 2.75) is 30.2 Å². The Morgan fingerprint density at radius 3 is 2.22 bits per heavy atom. The topological polar surface area (TPSA) is 75.7 Å². The van der Waals surface area contributed by atoms with Gasteiger partial charge in [-0.2, -0.15) is 4.31 Å². The minimum absolute atomic E-state index is 0.00329. The molecule has 7 heteroatoms. The highest BCUT2D eigenvalue weighted by Crippen LogP contribution is 2.20. The molecule has 0 aliphatic carbocycles. The molecule has 27 heavy (non-hydrogen) atoms. The van der Waals surface area contributed by atoms with Crippen molar-refractivity contribution in [1.29, 1.82) is 0 Å². The molecule has 1 heterocycles. The number of ether oxygens (including phenoxy) is 1. The maximum atomic E-state index is 12.6. The van der Waals surface area contributed by atoms with E-state index in [0.29, 0.717) is 37.4 Å². The first-order valence-electron chi connectivity index (χ1n) is 9.08. The molecule has 144 valence electrons. The van der Waals surface area contributed by atoms with Gasteiger partial charge in [0.2, 0.25) is 15.9 Å². The third-order valence-electron chi connectivity index (χ3n) is 4.54. The van der Waals surface area contributed by atoms with Crippen LogP contribution in [0.1, 0.15) is 19.3 Å². The summed E-state index contributed by atoms with van der Waals surface area (Å²) >= 11 is 0. The van der Waals surface area contributed by atoms with Gasteiger partial charge in [0, 0.05) is 19.1 Å². The first-order chi connectivity index (χ1) is 13.1. The second kappa shape index (κ2) is 9.01. The third-order valence-corrected chi connectivity index (χ3v) is 6.45. The van der Waals surface area contributed by atoms with E-state index in [1.54, 1.807) is 30.3 Å². The van der Waals surface area contributed by atoms with Gasteiger partial charge in [-0.15, -0.1) is 0 Å². The predicted octanol–water partition coefficient (Wildman–Crippen LogP) is 2.43. The van der Waals surface area contributed by atoms with E-state index in [1.807, 2.05) is 30.3 Å². The first-order valence-corrected chi connectivity index (χ1v) is 10.5. The average molecular weight is 388 g/mol. The molecule has 1 fully saturated rings. The number of carbonyl (C=O) groups excluding carboxylic acids is 1. The quantitative estimate of drug-likeness (QED) is 0.790. The smallest absolute Gasteiger partial charge is 0.243 e. The number of para-hydroxylation sites is 1. The fourth-order valence-corrected chi connectivity index (χ4v) is 4.55. The molecule has 0 saturated carbocycles. The second-order valence-corrected chi connectivity index (χ2v) is 8.41. The maximum absolute atomic E-state index is 12.6. The van der Waals surface area contributed by atoms with Gasteiger partial charge in [0.15, 0.2) is 0 Å². The molecule has 1 aliphatic rings. The van der Waals surface area contributed by atoms with Crippen molar-refractivity contribution in [3.05, 3.63) is 60.7 Å². The number of hydrogen-bond donors (Lipinski definition) is 1. The van der Waals surface area contributed by atoms with E-state index in [1.165, 1.54) is 4.31 Å². The summed E-state index contributed by atoms with van der Waals surface area (Å²) in [7, 11) is -3.46. The van der Waals surface area contributed by atoms with Crippen molar-refractivity contribution in [1.82, 2.24) is 9.62 Å². The average Bonchev–Trinajstić information content (AvgIpc) is 2.70. The summed E-state index contributed by atoms with van der Waals surface area (Å²) < 4.78 is 32.2. The van der Waals surface area contributed by atoms with Crippen LogP contribution < -0.4 is 10.1 Å². The van der Waals surface area contributed by atoms with Crippen LogP contribution in [0.25, 0.3) is 0 Å². The summed E-state index contributed by atoms with van der Waals surface area (Å²) in [6.45, 7) is 1.13. The highest BCUT2D eigenvalue weighted by Gasteiger charge is 2.29. The number of sulfonamides is 1. The molecule has 2 aromatic carbocycles. The van der Waals surface area contributed by atoms with E-state index in [2.05, 4.69) is 5.32 Å². The summed E-state index contributed by atoms with van der Waals surface area (Å²) in [5.74, 6) is 0.667. The van der Waals surface area contributed by atoms with Gasteiger partial charge in [-0.3, -0.25) is 4.79 Å². The van der Waals surface area contributed by atoms with E-state index >= 15 is 0 Å². The largest absolute Gasteiger partial charge is 0.493 e. The zero-order valence-electron chi connectivity index (χ0n) is 15.1. The summed E-state index contributed by atoms with van der Waals surface area (Å²) in [6, 6.07) is 17.8. The Balaban J connectivity index is 1.42. The number of nitrogens with zero attached hydrogens (tertiary/aromatic N) is 1. The van der Waals surface area contributed by atoms with Crippen LogP contribution in [-0.2, 0) is 14.8 Å². The van der Waals surface area contributed by atoms with Crippen molar-refractivity contribution in [2.75, 3.05) is 19.7 Å². The number of rotatable bonds is 7. The lowest BCUT2D eigenvalue weighted by atomic mass is 10.1. The normalized spacial score (nSPS) is 16.0. The molecule has 1 aliphatic heterocycles. The molecular formula is C20H24N2O4S. The molecule has 6 nitrogen and oxygen atoms in total. The zero-order valence-corrected chi connectivity index (χ0v) is 15.9. The fourth-order valence-electron chi connectivity index (χ4n) is 3.06. The van der Waals surface area contributed by atoms with Crippen LogP contribution in [0, 0.1) is 0 Å². The Labute approximate surface area is 160 Å². The van der Waals surface area contributed by atoms with Crippen LogP contribution in [0.3, 0.4) is 0 Å². The maximum Gasteiger partial charge on any atom is 0.243 e. The second-order valence-electron chi connectivity index (χ2n) is 6.47. The van der Waals surface area contributed by atoms with Gasteiger partial charge in [-0.25, -0.2) is 8.42 Å². The Morgan fingerprint density at radius 2 is 1.59 bits per heavy atom. The van der Waals surface area contributed by atoms with Crippen LogP contribution in [0.2, 0.25) is 0 Å². The van der Waals surface area contributed by atoms with Gasteiger partial charge in [0.05, 0.1) is 17.9 Å². The molecular weight excluding hydrogens is 364 g/mol. The fraction of sp³-hybridized carbons (Fsp3) is 0.350. The SMILES string of the molecule is O=C(CCOc1ccccc1)NC1CCN(S(=O)(=O)c2ccccc2)CC1.